The Morgan fingerprint density at radius 2 is 1.86 bits per heavy atom. The fourth-order valence-corrected chi connectivity index (χ4v) is 3.37. The number of nitrogens with one attached hydrogen (secondary N) is 2. The minimum absolute atomic E-state index is 0.0887. The van der Waals surface area contributed by atoms with Gasteiger partial charge in [0.25, 0.3) is 0 Å². The van der Waals surface area contributed by atoms with E-state index in [1.54, 1.807) is 0 Å². The van der Waals surface area contributed by atoms with E-state index in [1.807, 2.05) is 11.8 Å². The van der Waals surface area contributed by atoms with Gasteiger partial charge in [0.1, 0.15) is 0 Å². The molecule has 3 rings (SSSR count). The van der Waals surface area contributed by atoms with Crippen molar-refractivity contribution in [1.29, 1.82) is 0 Å². The molecule has 3 aliphatic rings. The standard InChI is InChI=1S/C16H28N4O2/c1-12(15(21)18-14-4-5-14)19-7-9-20(10-8-19)16(22)13-3-2-6-17-11-13/h12-14,17H,2-11H2,1H3,(H,18,21). The van der Waals surface area contributed by atoms with Crippen molar-refractivity contribution in [1.82, 2.24) is 20.4 Å². The quantitative estimate of drug-likeness (QED) is 0.755. The highest BCUT2D eigenvalue weighted by Gasteiger charge is 2.32. The molecule has 0 bridgehead atoms. The third-order valence-corrected chi connectivity index (χ3v) is 5.12. The van der Waals surface area contributed by atoms with E-state index in [1.165, 1.54) is 0 Å². The van der Waals surface area contributed by atoms with Crippen molar-refractivity contribution in [2.45, 2.75) is 44.7 Å². The van der Waals surface area contributed by atoms with Gasteiger partial charge in [-0.25, -0.2) is 0 Å². The Bertz CT molecular complexity index is 410. The third-order valence-electron chi connectivity index (χ3n) is 5.12. The summed E-state index contributed by atoms with van der Waals surface area (Å²) in [5, 5.41) is 6.38. The van der Waals surface area contributed by atoms with Gasteiger partial charge >= 0.3 is 0 Å². The Hall–Kier alpha value is -1.14. The highest BCUT2D eigenvalue weighted by Crippen LogP contribution is 2.20. The van der Waals surface area contributed by atoms with Gasteiger partial charge in [-0.1, -0.05) is 0 Å². The Morgan fingerprint density at radius 1 is 1.14 bits per heavy atom. The van der Waals surface area contributed by atoms with Gasteiger partial charge in [-0.15, -0.1) is 0 Å². The van der Waals surface area contributed by atoms with Crippen molar-refractivity contribution >= 4 is 11.8 Å². The van der Waals surface area contributed by atoms with Crippen molar-refractivity contribution < 1.29 is 9.59 Å². The molecule has 1 saturated carbocycles. The van der Waals surface area contributed by atoms with E-state index in [9.17, 15) is 9.59 Å². The van der Waals surface area contributed by atoms with Crippen LogP contribution in [0.15, 0.2) is 0 Å². The minimum atomic E-state index is -0.0887. The Kier molecular flexibility index (Phi) is 4.98. The van der Waals surface area contributed by atoms with Gasteiger partial charge in [0.2, 0.25) is 11.8 Å². The van der Waals surface area contributed by atoms with Crippen LogP contribution in [-0.4, -0.2) is 73.0 Å². The maximum atomic E-state index is 12.5. The predicted molar refractivity (Wildman–Crippen MR) is 84.4 cm³/mol. The van der Waals surface area contributed by atoms with Gasteiger partial charge in [0.15, 0.2) is 0 Å². The van der Waals surface area contributed by atoms with Crippen molar-refractivity contribution in [3.8, 4) is 0 Å². The molecule has 2 N–H and O–H groups in total. The number of carbonyl (C=O) groups is 2. The number of piperidine rings is 1. The summed E-state index contributed by atoms with van der Waals surface area (Å²) >= 11 is 0. The number of hydrogen-bond donors (Lipinski definition) is 2. The number of piperazine rings is 1. The smallest absolute Gasteiger partial charge is 0.237 e. The predicted octanol–water partition coefficient (Wildman–Crippen LogP) is -0.203. The van der Waals surface area contributed by atoms with E-state index in [-0.39, 0.29) is 17.9 Å². The molecule has 2 heterocycles. The molecule has 3 fully saturated rings. The number of carbonyl (C=O) groups excluding carboxylic acids is 2. The molecule has 2 unspecified atom stereocenters. The second-order valence-electron chi connectivity index (χ2n) is 6.86. The lowest BCUT2D eigenvalue weighted by Gasteiger charge is -2.39. The number of nitrogens with zero attached hydrogens (tertiary/aromatic N) is 2. The van der Waals surface area contributed by atoms with Crippen LogP contribution in [0.5, 0.6) is 0 Å². The summed E-state index contributed by atoms with van der Waals surface area (Å²) < 4.78 is 0. The molecule has 124 valence electrons. The second kappa shape index (κ2) is 6.96. The number of hydrogen-bond acceptors (Lipinski definition) is 4. The third kappa shape index (κ3) is 3.79. The topological polar surface area (TPSA) is 64.7 Å². The highest BCUT2D eigenvalue weighted by molar-refractivity contribution is 5.82. The van der Waals surface area contributed by atoms with Crippen LogP contribution in [0.4, 0.5) is 0 Å². The van der Waals surface area contributed by atoms with Crippen LogP contribution >= 0.6 is 0 Å². The van der Waals surface area contributed by atoms with E-state index >= 15 is 0 Å². The molecule has 2 aliphatic heterocycles. The summed E-state index contributed by atoms with van der Waals surface area (Å²) in [5.41, 5.74) is 0. The molecule has 22 heavy (non-hydrogen) atoms. The summed E-state index contributed by atoms with van der Waals surface area (Å²) in [5.74, 6) is 0.580. The fraction of sp³-hybridized carbons (Fsp3) is 0.875. The normalized spacial score (nSPS) is 28.2. The van der Waals surface area contributed by atoms with E-state index in [0.717, 1.165) is 65.0 Å². The molecule has 2 atom stereocenters. The largest absolute Gasteiger partial charge is 0.352 e. The molecular weight excluding hydrogens is 280 g/mol. The van der Waals surface area contributed by atoms with E-state index in [2.05, 4.69) is 15.5 Å². The lowest BCUT2D eigenvalue weighted by molar-refractivity contribution is -0.138. The van der Waals surface area contributed by atoms with Crippen molar-refractivity contribution in [2.75, 3.05) is 39.3 Å². The molecule has 2 amide bonds. The molecule has 0 aromatic heterocycles. The van der Waals surface area contributed by atoms with Crippen molar-refractivity contribution in [3.05, 3.63) is 0 Å². The molecule has 6 heteroatoms. The average molecular weight is 308 g/mol. The van der Waals surface area contributed by atoms with Crippen LogP contribution in [0.2, 0.25) is 0 Å². The van der Waals surface area contributed by atoms with Gasteiger partial charge in [0, 0.05) is 38.8 Å². The van der Waals surface area contributed by atoms with Gasteiger partial charge in [-0.2, -0.15) is 0 Å². The summed E-state index contributed by atoms with van der Waals surface area (Å²) in [7, 11) is 0. The summed E-state index contributed by atoms with van der Waals surface area (Å²) in [6, 6.07) is 0.325. The SMILES string of the molecule is CC(C(=O)NC1CC1)N1CCN(C(=O)C2CCCNC2)CC1. The van der Waals surface area contributed by atoms with Crippen LogP contribution in [0, 0.1) is 5.92 Å². The fourth-order valence-electron chi connectivity index (χ4n) is 3.37. The van der Waals surface area contributed by atoms with Crippen LogP contribution < -0.4 is 10.6 Å². The number of amides is 2. The first-order valence-corrected chi connectivity index (χ1v) is 8.69. The number of rotatable bonds is 4. The maximum absolute atomic E-state index is 12.5. The monoisotopic (exact) mass is 308 g/mol. The molecular formula is C16H28N4O2. The molecule has 0 spiro atoms. The zero-order chi connectivity index (χ0) is 15.5. The zero-order valence-corrected chi connectivity index (χ0v) is 13.5. The van der Waals surface area contributed by atoms with Gasteiger partial charge in [-0.3, -0.25) is 14.5 Å². The summed E-state index contributed by atoms with van der Waals surface area (Å²) in [6.07, 6.45) is 4.34. The van der Waals surface area contributed by atoms with Gasteiger partial charge in [-0.05, 0) is 39.2 Å². The maximum Gasteiger partial charge on any atom is 0.237 e. The van der Waals surface area contributed by atoms with Gasteiger partial charge in [0.05, 0.1) is 12.0 Å². The second-order valence-corrected chi connectivity index (χ2v) is 6.86. The first kappa shape index (κ1) is 15.7. The van der Waals surface area contributed by atoms with Crippen molar-refractivity contribution in [2.24, 2.45) is 5.92 Å². The van der Waals surface area contributed by atoms with Crippen LogP contribution in [0.1, 0.15) is 32.6 Å². The molecule has 0 aromatic rings. The van der Waals surface area contributed by atoms with Crippen LogP contribution in [-0.2, 0) is 9.59 Å². The van der Waals surface area contributed by atoms with Crippen molar-refractivity contribution in [3.63, 3.8) is 0 Å². The van der Waals surface area contributed by atoms with E-state index in [4.69, 9.17) is 0 Å². The molecule has 2 saturated heterocycles. The zero-order valence-electron chi connectivity index (χ0n) is 13.5. The van der Waals surface area contributed by atoms with E-state index < -0.39 is 0 Å². The lowest BCUT2D eigenvalue weighted by Crippen LogP contribution is -2.56. The Balaban J connectivity index is 1.44. The lowest BCUT2D eigenvalue weighted by atomic mass is 9.98. The Morgan fingerprint density at radius 3 is 2.45 bits per heavy atom. The van der Waals surface area contributed by atoms with Gasteiger partial charge < -0.3 is 15.5 Å². The van der Waals surface area contributed by atoms with E-state index in [0.29, 0.717) is 11.9 Å². The first-order valence-electron chi connectivity index (χ1n) is 8.69. The molecule has 1 aliphatic carbocycles. The Labute approximate surface area is 132 Å². The molecule has 6 nitrogen and oxygen atoms in total. The van der Waals surface area contributed by atoms with Crippen LogP contribution in [0.3, 0.4) is 0 Å². The van der Waals surface area contributed by atoms with Crippen LogP contribution in [0.25, 0.3) is 0 Å². The summed E-state index contributed by atoms with van der Waals surface area (Å²) in [6.45, 7) is 6.91. The highest BCUT2D eigenvalue weighted by atomic mass is 16.2. The molecule has 0 aromatic carbocycles. The first-order chi connectivity index (χ1) is 10.6. The molecule has 0 radical (unpaired) electrons. The average Bonchev–Trinajstić information content (AvgIpc) is 3.38. The minimum Gasteiger partial charge on any atom is -0.352 e. The summed E-state index contributed by atoms with van der Waals surface area (Å²) in [4.78, 5) is 28.8.